The highest BCUT2D eigenvalue weighted by Gasteiger charge is 2.17. The Kier molecular flexibility index (Phi) is 10.6. The van der Waals surface area contributed by atoms with E-state index in [1.807, 2.05) is 26.0 Å². The highest BCUT2D eigenvalue weighted by Crippen LogP contribution is 2.33. The fourth-order valence-electron chi connectivity index (χ4n) is 2.50. The Hall–Kier alpha value is -1.84. The van der Waals surface area contributed by atoms with Crippen molar-refractivity contribution in [2.24, 2.45) is 0 Å². The molecule has 4 heteroatoms. The van der Waals surface area contributed by atoms with Crippen molar-refractivity contribution < 1.29 is 19.1 Å². The maximum atomic E-state index is 12.1. The average molecular weight is 348 g/mol. The molecular formula is C21H32O4. The first kappa shape index (κ1) is 21.2. The van der Waals surface area contributed by atoms with Gasteiger partial charge in [-0.2, -0.15) is 0 Å². The third-order valence-corrected chi connectivity index (χ3v) is 4.02. The minimum Gasteiger partial charge on any atom is -0.423 e. The molecule has 140 valence electrons. The predicted octanol–water partition coefficient (Wildman–Crippen LogP) is 5.61. The van der Waals surface area contributed by atoms with Crippen LogP contribution in [0.25, 0.3) is 0 Å². The van der Waals surface area contributed by atoms with E-state index in [-0.39, 0.29) is 11.9 Å². The van der Waals surface area contributed by atoms with Gasteiger partial charge in [-0.25, -0.2) is 0 Å². The van der Waals surface area contributed by atoms with Crippen molar-refractivity contribution in [2.45, 2.75) is 85.0 Å². The van der Waals surface area contributed by atoms with E-state index < -0.39 is 0 Å². The van der Waals surface area contributed by atoms with Crippen LogP contribution < -0.4 is 9.47 Å². The maximum Gasteiger partial charge on any atom is 0.311 e. The van der Waals surface area contributed by atoms with Gasteiger partial charge in [0.25, 0.3) is 0 Å². The van der Waals surface area contributed by atoms with Gasteiger partial charge < -0.3 is 9.47 Å². The van der Waals surface area contributed by atoms with Crippen LogP contribution in [0.3, 0.4) is 0 Å². The Morgan fingerprint density at radius 2 is 1.40 bits per heavy atom. The lowest BCUT2D eigenvalue weighted by Gasteiger charge is -2.14. The van der Waals surface area contributed by atoms with Crippen LogP contribution in [0.15, 0.2) is 18.2 Å². The zero-order chi connectivity index (χ0) is 18.5. The number of aryl methyl sites for hydroxylation is 1. The van der Waals surface area contributed by atoms with Gasteiger partial charge in [0, 0.05) is 12.8 Å². The van der Waals surface area contributed by atoms with Crippen molar-refractivity contribution in [1.29, 1.82) is 0 Å². The molecule has 0 unspecified atom stereocenters. The zero-order valence-electron chi connectivity index (χ0n) is 15.9. The van der Waals surface area contributed by atoms with Crippen LogP contribution in [0.2, 0.25) is 0 Å². The third-order valence-electron chi connectivity index (χ3n) is 4.02. The van der Waals surface area contributed by atoms with E-state index in [4.69, 9.17) is 9.47 Å². The molecule has 25 heavy (non-hydrogen) atoms. The Morgan fingerprint density at radius 3 is 2.00 bits per heavy atom. The normalized spacial score (nSPS) is 10.5. The van der Waals surface area contributed by atoms with Gasteiger partial charge >= 0.3 is 11.9 Å². The fourth-order valence-corrected chi connectivity index (χ4v) is 2.50. The number of hydrogen-bond acceptors (Lipinski definition) is 4. The quantitative estimate of drug-likeness (QED) is 0.280. The summed E-state index contributed by atoms with van der Waals surface area (Å²) >= 11 is 0. The Bertz CT molecular complexity index is 537. The standard InChI is InChI=1S/C21H32O4/c1-4-7-10-12-17-13-11-14-18(24-19(22)15-8-5-2)21(17)25-20(23)16-9-6-3/h11,13-14H,4-10,12,15-16H2,1-3H3. The molecule has 0 saturated heterocycles. The van der Waals surface area contributed by atoms with E-state index in [2.05, 4.69) is 6.92 Å². The van der Waals surface area contributed by atoms with Crippen LogP contribution in [0.5, 0.6) is 11.5 Å². The van der Waals surface area contributed by atoms with Crippen molar-refractivity contribution in [2.75, 3.05) is 0 Å². The highest BCUT2D eigenvalue weighted by molar-refractivity contribution is 5.76. The number of esters is 2. The van der Waals surface area contributed by atoms with Crippen molar-refractivity contribution in [1.82, 2.24) is 0 Å². The molecule has 0 bridgehead atoms. The second-order valence-electron chi connectivity index (χ2n) is 6.36. The molecule has 4 nitrogen and oxygen atoms in total. The summed E-state index contributed by atoms with van der Waals surface area (Å²) in [6.07, 6.45) is 8.28. The SMILES string of the molecule is CCCCCc1cccc(OC(=O)CCCC)c1OC(=O)CCCC. The van der Waals surface area contributed by atoms with Crippen LogP contribution in [-0.2, 0) is 16.0 Å². The maximum absolute atomic E-state index is 12.1. The summed E-state index contributed by atoms with van der Waals surface area (Å²) in [6, 6.07) is 5.50. The molecule has 0 aliphatic heterocycles. The topological polar surface area (TPSA) is 52.6 Å². The van der Waals surface area contributed by atoms with Gasteiger partial charge in [0.05, 0.1) is 0 Å². The van der Waals surface area contributed by atoms with Gasteiger partial charge in [0.1, 0.15) is 0 Å². The number of carbonyl (C=O) groups excluding carboxylic acids is 2. The van der Waals surface area contributed by atoms with Crippen molar-refractivity contribution in [3.8, 4) is 11.5 Å². The molecule has 0 amide bonds. The Balaban J connectivity index is 2.93. The smallest absolute Gasteiger partial charge is 0.311 e. The van der Waals surface area contributed by atoms with E-state index in [0.717, 1.165) is 56.9 Å². The van der Waals surface area contributed by atoms with Crippen molar-refractivity contribution in [3.05, 3.63) is 23.8 Å². The molecule has 0 N–H and O–H groups in total. The summed E-state index contributed by atoms with van der Waals surface area (Å²) in [5.74, 6) is 0.235. The third kappa shape index (κ3) is 8.19. The summed E-state index contributed by atoms with van der Waals surface area (Å²) in [5.41, 5.74) is 0.930. The van der Waals surface area contributed by atoms with Crippen molar-refractivity contribution in [3.63, 3.8) is 0 Å². The second kappa shape index (κ2) is 12.5. The van der Waals surface area contributed by atoms with Crippen molar-refractivity contribution >= 4 is 11.9 Å². The molecule has 0 spiro atoms. The lowest BCUT2D eigenvalue weighted by atomic mass is 10.1. The lowest BCUT2D eigenvalue weighted by Crippen LogP contribution is -2.13. The monoisotopic (exact) mass is 348 g/mol. The molecule has 0 aliphatic carbocycles. The summed E-state index contributed by atoms with van der Waals surface area (Å²) in [5, 5.41) is 0. The molecule has 0 atom stereocenters. The van der Waals surface area contributed by atoms with Crippen LogP contribution in [0.1, 0.15) is 84.1 Å². The molecule has 0 saturated carbocycles. The number of rotatable bonds is 12. The minimum absolute atomic E-state index is 0.268. The number of para-hydroxylation sites is 1. The molecule has 0 heterocycles. The zero-order valence-corrected chi connectivity index (χ0v) is 15.9. The summed E-state index contributed by atoms with van der Waals surface area (Å²) in [4.78, 5) is 24.1. The van der Waals surface area contributed by atoms with E-state index in [1.54, 1.807) is 6.07 Å². The minimum atomic E-state index is -0.279. The van der Waals surface area contributed by atoms with E-state index >= 15 is 0 Å². The van der Waals surface area contributed by atoms with Gasteiger partial charge in [-0.3, -0.25) is 9.59 Å². The van der Waals surface area contributed by atoms with Crippen LogP contribution in [-0.4, -0.2) is 11.9 Å². The molecule has 1 rings (SSSR count). The van der Waals surface area contributed by atoms with Gasteiger partial charge in [0.15, 0.2) is 11.5 Å². The van der Waals surface area contributed by atoms with Crippen LogP contribution >= 0.6 is 0 Å². The number of benzene rings is 1. The van der Waals surface area contributed by atoms with Gasteiger partial charge in [-0.1, -0.05) is 58.6 Å². The van der Waals surface area contributed by atoms with Crippen LogP contribution in [0, 0.1) is 0 Å². The molecular weight excluding hydrogens is 316 g/mol. The summed E-state index contributed by atoms with van der Waals surface area (Å²) in [7, 11) is 0. The second-order valence-corrected chi connectivity index (χ2v) is 6.36. The molecule has 0 fully saturated rings. The van der Waals surface area contributed by atoms with Gasteiger partial charge in [-0.05, 0) is 37.3 Å². The number of ether oxygens (including phenoxy) is 2. The first-order valence-electron chi connectivity index (χ1n) is 9.65. The molecule has 0 radical (unpaired) electrons. The largest absolute Gasteiger partial charge is 0.423 e. The fraction of sp³-hybridized carbons (Fsp3) is 0.619. The van der Waals surface area contributed by atoms with E-state index in [0.29, 0.717) is 24.3 Å². The first-order valence-corrected chi connectivity index (χ1v) is 9.65. The molecule has 1 aromatic carbocycles. The van der Waals surface area contributed by atoms with Crippen LogP contribution in [0.4, 0.5) is 0 Å². The van der Waals surface area contributed by atoms with E-state index in [1.165, 1.54) is 0 Å². The van der Waals surface area contributed by atoms with Gasteiger partial charge in [-0.15, -0.1) is 0 Å². The predicted molar refractivity (Wildman–Crippen MR) is 100.0 cm³/mol. The molecule has 1 aromatic rings. The first-order chi connectivity index (χ1) is 12.1. The number of carbonyl (C=O) groups is 2. The molecule has 0 aliphatic rings. The van der Waals surface area contributed by atoms with Gasteiger partial charge in [0.2, 0.25) is 0 Å². The average Bonchev–Trinajstić information content (AvgIpc) is 2.60. The van der Waals surface area contributed by atoms with E-state index in [9.17, 15) is 9.59 Å². The molecule has 0 aromatic heterocycles. The lowest BCUT2D eigenvalue weighted by molar-refractivity contribution is -0.137. The Morgan fingerprint density at radius 1 is 0.800 bits per heavy atom. The highest BCUT2D eigenvalue weighted by atomic mass is 16.6. The number of unbranched alkanes of at least 4 members (excludes halogenated alkanes) is 4. The Labute approximate surface area is 151 Å². The summed E-state index contributed by atoms with van der Waals surface area (Å²) in [6.45, 7) is 6.22. The summed E-state index contributed by atoms with van der Waals surface area (Å²) < 4.78 is 11.1. The number of hydrogen-bond donors (Lipinski definition) is 0.